The number of carbonyl (C=O) groups excluding carboxylic acids is 1. The molecule has 0 spiro atoms. The lowest BCUT2D eigenvalue weighted by atomic mass is 10.1. The first-order chi connectivity index (χ1) is 6.63. The monoisotopic (exact) mass is 196 g/mol. The first-order valence-corrected chi connectivity index (χ1v) is 4.38. The Balaban J connectivity index is 2.65. The molecule has 0 aliphatic heterocycles. The number of hydrogen-bond acceptors (Lipinski definition) is 2. The van der Waals surface area contributed by atoms with E-state index in [2.05, 4.69) is 5.32 Å². The van der Waals surface area contributed by atoms with E-state index in [0.29, 0.717) is 0 Å². The van der Waals surface area contributed by atoms with Crippen molar-refractivity contribution < 1.29 is 9.18 Å². The van der Waals surface area contributed by atoms with Gasteiger partial charge in [0, 0.05) is 0 Å². The van der Waals surface area contributed by atoms with Crippen LogP contribution < -0.4 is 11.1 Å². The summed E-state index contributed by atoms with van der Waals surface area (Å²) in [4.78, 5) is 11.0. The number of halogens is 1. The highest BCUT2D eigenvalue weighted by atomic mass is 19.1. The van der Waals surface area contributed by atoms with Crippen LogP contribution in [0.1, 0.15) is 18.5 Å². The highest BCUT2D eigenvalue weighted by Gasteiger charge is 2.07. The Morgan fingerprint density at radius 1 is 1.50 bits per heavy atom. The van der Waals surface area contributed by atoms with Crippen molar-refractivity contribution in [2.45, 2.75) is 13.0 Å². The topological polar surface area (TPSA) is 55.1 Å². The van der Waals surface area contributed by atoms with E-state index >= 15 is 0 Å². The van der Waals surface area contributed by atoms with Crippen molar-refractivity contribution >= 4 is 5.91 Å². The van der Waals surface area contributed by atoms with Crippen molar-refractivity contribution in [1.29, 1.82) is 0 Å². The zero-order chi connectivity index (χ0) is 10.6. The van der Waals surface area contributed by atoms with Crippen molar-refractivity contribution in [2.24, 2.45) is 5.73 Å². The second-order valence-corrected chi connectivity index (χ2v) is 3.04. The highest BCUT2D eigenvalue weighted by Crippen LogP contribution is 2.12. The van der Waals surface area contributed by atoms with Crippen LogP contribution in [0.4, 0.5) is 4.39 Å². The Morgan fingerprint density at radius 2 is 2.07 bits per heavy atom. The van der Waals surface area contributed by atoms with E-state index in [1.54, 1.807) is 12.1 Å². The van der Waals surface area contributed by atoms with Gasteiger partial charge in [0.05, 0.1) is 12.6 Å². The smallest absolute Gasteiger partial charge is 0.234 e. The first-order valence-electron chi connectivity index (χ1n) is 4.38. The lowest BCUT2D eigenvalue weighted by Gasteiger charge is -2.13. The number of nitrogens with one attached hydrogen (secondary N) is 1. The number of hydrogen-bond donors (Lipinski definition) is 2. The van der Waals surface area contributed by atoms with Crippen molar-refractivity contribution in [3.8, 4) is 0 Å². The second-order valence-electron chi connectivity index (χ2n) is 3.04. The van der Waals surface area contributed by atoms with Crippen LogP contribution in [0.5, 0.6) is 0 Å². The summed E-state index contributed by atoms with van der Waals surface area (Å²) in [6, 6.07) is 5.85. The molecule has 0 aliphatic rings. The molecule has 14 heavy (non-hydrogen) atoms. The number of amides is 1. The predicted octanol–water partition coefficient (Wildman–Crippen LogP) is 0.962. The summed E-state index contributed by atoms with van der Waals surface area (Å²) in [6.07, 6.45) is 0. The zero-order valence-electron chi connectivity index (χ0n) is 7.96. The second kappa shape index (κ2) is 4.72. The van der Waals surface area contributed by atoms with E-state index in [4.69, 9.17) is 5.73 Å². The van der Waals surface area contributed by atoms with Gasteiger partial charge in [-0.1, -0.05) is 12.1 Å². The van der Waals surface area contributed by atoms with Crippen LogP contribution in [0.15, 0.2) is 24.3 Å². The molecule has 1 amide bonds. The van der Waals surface area contributed by atoms with Gasteiger partial charge in [-0.25, -0.2) is 4.39 Å². The predicted molar refractivity (Wildman–Crippen MR) is 52.0 cm³/mol. The standard InChI is InChI=1S/C10H13FN2O/c1-7(13-10(14)6-12)8-2-4-9(11)5-3-8/h2-5,7H,6,12H2,1H3,(H,13,14). The van der Waals surface area contributed by atoms with Crippen LogP contribution in [-0.4, -0.2) is 12.5 Å². The molecule has 1 rings (SSSR count). The fourth-order valence-corrected chi connectivity index (χ4v) is 1.14. The molecule has 0 radical (unpaired) electrons. The SMILES string of the molecule is CC(NC(=O)CN)c1ccc(F)cc1. The lowest BCUT2D eigenvalue weighted by molar-refractivity contribution is -0.120. The molecule has 3 nitrogen and oxygen atoms in total. The maximum atomic E-state index is 12.6. The average Bonchev–Trinajstić information content (AvgIpc) is 2.18. The minimum Gasteiger partial charge on any atom is -0.348 e. The Kier molecular flexibility index (Phi) is 3.59. The molecule has 0 heterocycles. The van der Waals surface area contributed by atoms with E-state index in [1.807, 2.05) is 6.92 Å². The van der Waals surface area contributed by atoms with Gasteiger partial charge in [-0.05, 0) is 24.6 Å². The van der Waals surface area contributed by atoms with Crippen LogP contribution in [0.25, 0.3) is 0 Å². The van der Waals surface area contributed by atoms with Crippen molar-refractivity contribution in [3.05, 3.63) is 35.6 Å². The lowest BCUT2D eigenvalue weighted by Crippen LogP contribution is -2.32. The Hall–Kier alpha value is -1.42. The Morgan fingerprint density at radius 3 is 2.57 bits per heavy atom. The average molecular weight is 196 g/mol. The molecule has 1 aromatic rings. The third-order valence-electron chi connectivity index (χ3n) is 1.93. The molecule has 1 aromatic carbocycles. The van der Waals surface area contributed by atoms with Gasteiger partial charge < -0.3 is 11.1 Å². The van der Waals surface area contributed by atoms with Gasteiger partial charge in [-0.15, -0.1) is 0 Å². The molecule has 3 N–H and O–H groups in total. The maximum Gasteiger partial charge on any atom is 0.234 e. The summed E-state index contributed by atoms with van der Waals surface area (Å²) >= 11 is 0. The fourth-order valence-electron chi connectivity index (χ4n) is 1.14. The molecular formula is C10H13FN2O. The summed E-state index contributed by atoms with van der Waals surface area (Å²) in [5.41, 5.74) is 6.01. The van der Waals surface area contributed by atoms with Crippen LogP contribution in [0.2, 0.25) is 0 Å². The molecule has 0 saturated heterocycles. The fraction of sp³-hybridized carbons (Fsp3) is 0.300. The van der Waals surface area contributed by atoms with Crippen LogP contribution in [0.3, 0.4) is 0 Å². The number of nitrogens with two attached hydrogens (primary N) is 1. The third-order valence-corrected chi connectivity index (χ3v) is 1.93. The molecule has 4 heteroatoms. The minimum atomic E-state index is -0.286. The van der Waals surface area contributed by atoms with E-state index < -0.39 is 0 Å². The van der Waals surface area contributed by atoms with Gasteiger partial charge in [-0.2, -0.15) is 0 Å². The molecule has 0 aliphatic carbocycles. The Labute approximate surface area is 82.1 Å². The van der Waals surface area contributed by atoms with E-state index in [9.17, 15) is 9.18 Å². The van der Waals surface area contributed by atoms with Gasteiger partial charge in [0.1, 0.15) is 5.82 Å². The highest BCUT2D eigenvalue weighted by molar-refractivity contribution is 5.78. The molecule has 0 aromatic heterocycles. The van der Waals surface area contributed by atoms with Crippen molar-refractivity contribution in [3.63, 3.8) is 0 Å². The van der Waals surface area contributed by atoms with Gasteiger partial charge in [0.15, 0.2) is 0 Å². The Bertz CT molecular complexity index is 310. The van der Waals surface area contributed by atoms with Gasteiger partial charge in [0.2, 0.25) is 5.91 Å². The summed E-state index contributed by atoms with van der Waals surface area (Å²) < 4.78 is 12.6. The minimum absolute atomic E-state index is 0.0362. The molecule has 0 bridgehead atoms. The molecule has 1 unspecified atom stereocenters. The van der Waals surface area contributed by atoms with E-state index in [1.165, 1.54) is 12.1 Å². The maximum absolute atomic E-state index is 12.6. The van der Waals surface area contributed by atoms with Gasteiger partial charge in [0.25, 0.3) is 0 Å². The molecule has 0 saturated carbocycles. The molecule has 0 fully saturated rings. The van der Waals surface area contributed by atoms with Crippen LogP contribution in [-0.2, 0) is 4.79 Å². The largest absolute Gasteiger partial charge is 0.348 e. The summed E-state index contributed by atoms with van der Waals surface area (Å²) in [5, 5.41) is 2.68. The van der Waals surface area contributed by atoms with Gasteiger partial charge in [-0.3, -0.25) is 4.79 Å². The summed E-state index contributed by atoms with van der Waals surface area (Å²) in [6.45, 7) is 1.78. The van der Waals surface area contributed by atoms with Gasteiger partial charge >= 0.3 is 0 Å². The molecule has 76 valence electrons. The first kappa shape index (κ1) is 10.7. The number of benzene rings is 1. The normalized spacial score (nSPS) is 12.2. The third kappa shape index (κ3) is 2.81. The quantitative estimate of drug-likeness (QED) is 0.756. The number of carbonyl (C=O) groups is 1. The van der Waals surface area contributed by atoms with Crippen molar-refractivity contribution in [1.82, 2.24) is 5.32 Å². The van der Waals surface area contributed by atoms with E-state index in [-0.39, 0.29) is 24.3 Å². The van der Waals surface area contributed by atoms with E-state index in [0.717, 1.165) is 5.56 Å². The number of rotatable bonds is 3. The van der Waals surface area contributed by atoms with Crippen LogP contribution in [0, 0.1) is 5.82 Å². The summed E-state index contributed by atoms with van der Waals surface area (Å²) in [5.74, 6) is -0.507. The zero-order valence-corrected chi connectivity index (χ0v) is 7.96. The molecular weight excluding hydrogens is 183 g/mol. The summed E-state index contributed by atoms with van der Waals surface area (Å²) in [7, 11) is 0. The van der Waals surface area contributed by atoms with Crippen molar-refractivity contribution in [2.75, 3.05) is 6.54 Å². The van der Waals surface area contributed by atoms with Crippen LogP contribution >= 0.6 is 0 Å². The molecule has 1 atom stereocenters.